The van der Waals surface area contributed by atoms with Crippen molar-refractivity contribution >= 4 is 44.2 Å². The molecule has 0 amide bonds. The van der Waals surface area contributed by atoms with Crippen molar-refractivity contribution in [3.63, 3.8) is 0 Å². The maximum atomic E-state index is 4.83. The Hall–Kier alpha value is -4.26. The highest BCUT2D eigenvalue weighted by Crippen LogP contribution is 2.43. The zero-order valence-electron chi connectivity index (χ0n) is 19.0. The molecule has 170 valence electrons. The number of aromatic nitrogens is 4. The molecule has 0 saturated heterocycles. The molecule has 0 aliphatic carbocycles. The van der Waals surface area contributed by atoms with E-state index >= 15 is 0 Å². The summed E-state index contributed by atoms with van der Waals surface area (Å²) in [7, 11) is 0. The van der Waals surface area contributed by atoms with Gasteiger partial charge in [0, 0.05) is 35.9 Å². The summed E-state index contributed by atoms with van der Waals surface area (Å²) in [5.74, 6) is 0. The predicted molar refractivity (Wildman–Crippen MR) is 150 cm³/mol. The molecule has 0 unspecified atom stereocenters. The summed E-state index contributed by atoms with van der Waals surface area (Å²) in [6.07, 6.45) is 7.60. The molecule has 0 N–H and O–H groups in total. The zero-order chi connectivity index (χ0) is 23.9. The standard InChI is InChI=1S/C30H18N4S2/c1-2-6-22-21(5-1)29(25-13-19(9-11-33-25)27-15-31-17-35-27)23-7-3-4-8-24(23)30(22)26-14-20(10-12-34-26)28-16-32-18-36-28/h1-18H. The Labute approximate surface area is 215 Å². The summed E-state index contributed by atoms with van der Waals surface area (Å²) in [4.78, 5) is 20.4. The topological polar surface area (TPSA) is 51.6 Å². The number of hydrogen-bond acceptors (Lipinski definition) is 6. The van der Waals surface area contributed by atoms with E-state index < -0.39 is 0 Å². The molecule has 7 rings (SSSR count). The van der Waals surface area contributed by atoms with Gasteiger partial charge in [-0.25, -0.2) is 0 Å². The maximum absolute atomic E-state index is 4.83. The van der Waals surface area contributed by atoms with Crippen molar-refractivity contribution in [1.82, 2.24) is 19.9 Å². The Bertz CT molecular complexity index is 1650. The van der Waals surface area contributed by atoms with E-state index in [-0.39, 0.29) is 0 Å². The van der Waals surface area contributed by atoms with E-state index in [1.165, 1.54) is 0 Å². The average Bonchev–Trinajstić information content (AvgIpc) is 3.67. The van der Waals surface area contributed by atoms with Gasteiger partial charge >= 0.3 is 0 Å². The first-order chi connectivity index (χ1) is 17.9. The van der Waals surface area contributed by atoms with Gasteiger partial charge in [0.2, 0.25) is 0 Å². The maximum Gasteiger partial charge on any atom is 0.0797 e. The molecule has 0 aliphatic rings. The van der Waals surface area contributed by atoms with Crippen LogP contribution in [-0.4, -0.2) is 19.9 Å². The predicted octanol–water partition coefficient (Wildman–Crippen LogP) is 8.36. The Kier molecular flexibility index (Phi) is 5.12. The summed E-state index contributed by atoms with van der Waals surface area (Å²) >= 11 is 3.27. The lowest BCUT2D eigenvalue weighted by molar-refractivity contribution is 1.33. The molecule has 0 bridgehead atoms. The van der Waals surface area contributed by atoms with Crippen LogP contribution in [0.15, 0.2) is 109 Å². The molecule has 4 heterocycles. The van der Waals surface area contributed by atoms with Crippen molar-refractivity contribution in [3.05, 3.63) is 109 Å². The van der Waals surface area contributed by atoms with E-state index in [4.69, 9.17) is 9.97 Å². The first-order valence-corrected chi connectivity index (χ1v) is 13.3. The number of nitrogens with zero attached hydrogens (tertiary/aromatic N) is 4. The van der Waals surface area contributed by atoms with E-state index in [0.717, 1.165) is 64.9 Å². The van der Waals surface area contributed by atoms with Crippen molar-refractivity contribution in [2.45, 2.75) is 0 Å². The number of pyridine rings is 2. The number of fused-ring (bicyclic) bond motifs is 2. The number of thiazole rings is 2. The Morgan fingerprint density at radius 2 is 0.917 bits per heavy atom. The van der Waals surface area contributed by atoms with Crippen molar-refractivity contribution in [2.24, 2.45) is 0 Å². The SMILES string of the molecule is c1ccc2c(-c3cc(-c4cncs4)ccn3)c3ccccc3c(-c3cc(-c4cncs4)ccn3)c2c1. The minimum atomic E-state index is 0.950. The molecule has 0 aliphatic heterocycles. The molecule has 0 fully saturated rings. The Morgan fingerprint density at radius 3 is 1.28 bits per heavy atom. The van der Waals surface area contributed by atoms with Crippen LogP contribution in [-0.2, 0) is 0 Å². The van der Waals surface area contributed by atoms with Gasteiger partial charge in [-0.05, 0) is 56.9 Å². The lowest BCUT2D eigenvalue weighted by atomic mass is 9.88. The highest BCUT2D eigenvalue weighted by molar-refractivity contribution is 7.13. The molecule has 7 aromatic rings. The van der Waals surface area contributed by atoms with Crippen molar-refractivity contribution in [2.75, 3.05) is 0 Å². The second-order valence-electron chi connectivity index (χ2n) is 8.43. The monoisotopic (exact) mass is 498 g/mol. The molecule has 0 radical (unpaired) electrons. The van der Waals surface area contributed by atoms with E-state index in [1.807, 2.05) is 47.9 Å². The fraction of sp³-hybridized carbons (Fsp3) is 0. The molecule has 0 atom stereocenters. The fourth-order valence-electron chi connectivity index (χ4n) is 4.84. The third-order valence-corrected chi connectivity index (χ3v) is 8.04. The van der Waals surface area contributed by atoms with Gasteiger partial charge in [0.1, 0.15) is 0 Å². The van der Waals surface area contributed by atoms with Crippen LogP contribution in [0.3, 0.4) is 0 Å². The summed E-state index contributed by atoms with van der Waals surface area (Å²) in [6.45, 7) is 0. The van der Waals surface area contributed by atoms with Gasteiger partial charge in [0.25, 0.3) is 0 Å². The van der Waals surface area contributed by atoms with Crippen molar-refractivity contribution < 1.29 is 0 Å². The normalized spacial score (nSPS) is 11.3. The Balaban J connectivity index is 1.54. The third kappa shape index (κ3) is 3.50. The number of hydrogen-bond donors (Lipinski definition) is 0. The van der Waals surface area contributed by atoms with Crippen LogP contribution in [0.2, 0.25) is 0 Å². The smallest absolute Gasteiger partial charge is 0.0797 e. The van der Waals surface area contributed by atoms with E-state index in [1.54, 1.807) is 22.7 Å². The van der Waals surface area contributed by atoms with Gasteiger partial charge in [-0.1, -0.05) is 48.5 Å². The van der Waals surface area contributed by atoms with Crippen LogP contribution in [0.4, 0.5) is 0 Å². The van der Waals surface area contributed by atoms with Crippen molar-refractivity contribution in [3.8, 4) is 43.4 Å². The molecular weight excluding hydrogens is 480 g/mol. The lowest BCUT2D eigenvalue weighted by Gasteiger charge is -2.17. The van der Waals surface area contributed by atoms with Gasteiger partial charge in [0.05, 0.1) is 32.2 Å². The second-order valence-corrected chi connectivity index (χ2v) is 10.2. The molecule has 36 heavy (non-hydrogen) atoms. The van der Waals surface area contributed by atoms with E-state index in [2.05, 4.69) is 70.6 Å². The van der Waals surface area contributed by atoms with Crippen molar-refractivity contribution in [1.29, 1.82) is 0 Å². The molecular formula is C30H18N4S2. The molecule has 6 heteroatoms. The van der Waals surface area contributed by atoms with Crippen LogP contribution in [0.1, 0.15) is 0 Å². The van der Waals surface area contributed by atoms with Crippen LogP contribution in [0, 0.1) is 0 Å². The van der Waals surface area contributed by atoms with E-state index in [0.29, 0.717) is 0 Å². The average molecular weight is 499 g/mol. The zero-order valence-corrected chi connectivity index (χ0v) is 20.6. The molecule has 4 aromatic heterocycles. The van der Waals surface area contributed by atoms with Crippen LogP contribution in [0.5, 0.6) is 0 Å². The van der Waals surface area contributed by atoms with Gasteiger partial charge in [-0.3, -0.25) is 19.9 Å². The minimum Gasteiger partial charge on any atom is -0.256 e. The Morgan fingerprint density at radius 1 is 0.500 bits per heavy atom. The third-order valence-electron chi connectivity index (χ3n) is 6.40. The van der Waals surface area contributed by atoms with Gasteiger partial charge in [-0.15, -0.1) is 22.7 Å². The second kappa shape index (κ2) is 8.75. The van der Waals surface area contributed by atoms with Gasteiger partial charge in [-0.2, -0.15) is 0 Å². The minimum absolute atomic E-state index is 0.950. The van der Waals surface area contributed by atoms with Crippen LogP contribution >= 0.6 is 22.7 Å². The highest BCUT2D eigenvalue weighted by atomic mass is 32.1. The quantitative estimate of drug-likeness (QED) is 0.229. The first kappa shape index (κ1) is 21.1. The summed E-state index contributed by atoms with van der Waals surface area (Å²) in [6, 6.07) is 25.6. The largest absolute Gasteiger partial charge is 0.256 e. The lowest BCUT2D eigenvalue weighted by Crippen LogP contribution is -1.94. The number of benzene rings is 3. The summed E-state index contributed by atoms with van der Waals surface area (Å²) in [5.41, 5.74) is 10.1. The fourth-order valence-corrected chi connectivity index (χ4v) is 6.08. The molecule has 4 nitrogen and oxygen atoms in total. The molecule has 0 saturated carbocycles. The van der Waals surface area contributed by atoms with E-state index in [9.17, 15) is 0 Å². The first-order valence-electron chi connectivity index (χ1n) is 11.5. The summed E-state index contributed by atoms with van der Waals surface area (Å²) in [5, 5.41) is 4.63. The van der Waals surface area contributed by atoms with Gasteiger partial charge in [0.15, 0.2) is 0 Å². The summed E-state index contributed by atoms with van der Waals surface area (Å²) < 4.78 is 0. The van der Waals surface area contributed by atoms with Gasteiger partial charge < -0.3 is 0 Å². The molecule has 3 aromatic carbocycles. The highest BCUT2D eigenvalue weighted by Gasteiger charge is 2.18. The van der Waals surface area contributed by atoms with Crippen LogP contribution < -0.4 is 0 Å². The van der Waals surface area contributed by atoms with Crippen LogP contribution in [0.25, 0.3) is 64.9 Å². The molecule has 0 spiro atoms. The number of rotatable bonds is 4.